The molecule has 0 radical (unpaired) electrons. The van der Waals surface area contributed by atoms with Crippen LogP contribution in [0.2, 0.25) is 0 Å². The van der Waals surface area contributed by atoms with Crippen molar-refractivity contribution in [2.45, 2.75) is 20.3 Å². The smallest absolute Gasteiger partial charge is 0.270 e. The van der Waals surface area contributed by atoms with Crippen molar-refractivity contribution in [3.63, 3.8) is 0 Å². The summed E-state index contributed by atoms with van der Waals surface area (Å²) >= 11 is 0. The number of oxime groups is 1. The fraction of sp³-hybridized carbons (Fsp3) is 0.667. The molecule has 0 spiro atoms. The van der Waals surface area contributed by atoms with Crippen molar-refractivity contribution >= 4 is 16.7 Å². The van der Waals surface area contributed by atoms with E-state index in [4.69, 9.17) is 5.26 Å². The van der Waals surface area contributed by atoms with Crippen LogP contribution in [-0.2, 0) is 15.3 Å². The molecule has 0 bridgehead atoms. The molecule has 1 unspecified atom stereocenters. The topological polar surface area (TPSA) is 79.5 Å². The minimum Gasteiger partial charge on any atom is -0.270 e. The molecule has 0 fully saturated rings. The van der Waals surface area contributed by atoms with Gasteiger partial charge in [-0.1, -0.05) is 19.0 Å². The molecule has 5 nitrogen and oxygen atoms in total. The van der Waals surface area contributed by atoms with E-state index in [2.05, 4.69) is 9.44 Å². The first-order valence-corrected chi connectivity index (χ1v) is 4.50. The summed E-state index contributed by atoms with van der Waals surface area (Å²) in [6, 6.07) is 1.77. The van der Waals surface area contributed by atoms with Crippen LogP contribution >= 0.6 is 0 Å². The molecule has 0 aliphatic rings. The summed E-state index contributed by atoms with van der Waals surface area (Å²) in [5.41, 5.74) is 0.0942. The van der Waals surface area contributed by atoms with Crippen LogP contribution in [0.4, 0.5) is 0 Å². The predicted octanol–water partition coefficient (Wildman–Crippen LogP) is 0.455. The molecule has 0 N–H and O–H groups in total. The van der Waals surface area contributed by atoms with E-state index in [1.807, 2.05) is 6.92 Å². The highest BCUT2D eigenvalue weighted by Gasteiger charge is 2.07. The fourth-order valence-corrected chi connectivity index (χ4v) is 0.646. The van der Waals surface area contributed by atoms with Gasteiger partial charge < -0.3 is 0 Å². The summed E-state index contributed by atoms with van der Waals surface area (Å²) in [7, 11) is -3.01. The van der Waals surface area contributed by atoms with Gasteiger partial charge >= 0.3 is 11.0 Å². The summed E-state index contributed by atoms with van der Waals surface area (Å²) in [5.74, 6) is -0.0788. The van der Waals surface area contributed by atoms with E-state index in [1.165, 1.54) is 0 Å². The zero-order chi connectivity index (χ0) is 9.56. The molecule has 0 heterocycles. The molecule has 0 aromatic carbocycles. The van der Waals surface area contributed by atoms with Gasteiger partial charge in [-0.05, 0) is 6.42 Å². The van der Waals surface area contributed by atoms with Crippen molar-refractivity contribution in [2.24, 2.45) is 11.1 Å². The van der Waals surface area contributed by atoms with Gasteiger partial charge in [0.15, 0.2) is 5.71 Å². The second-order valence-electron chi connectivity index (χ2n) is 2.20. The van der Waals surface area contributed by atoms with Crippen LogP contribution in [0.15, 0.2) is 5.16 Å². The highest BCUT2D eigenvalue weighted by Crippen LogP contribution is 2.03. The van der Waals surface area contributed by atoms with Crippen LogP contribution in [0.5, 0.6) is 0 Å². The Morgan fingerprint density at radius 2 is 2.33 bits per heavy atom. The molecular weight excluding hydrogens is 180 g/mol. The second kappa shape index (κ2) is 5.55. The minimum atomic E-state index is -3.01. The minimum absolute atomic E-state index is 0.0788. The van der Waals surface area contributed by atoms with Crippen molar-refractivity contribution in [2.75, 3.05) is 0 Å². The molecule has 68 valence electrons. The first-order valence-electron chi connectivity index (χ1n) is 3.41. The Morgan fingerprint density at radius 1 is 1.75 bits per heavy atom. The molecule has 0 amide bonds. The van der Waals surface area contributed by atoms with Gasteiger partial charge in [-0.3, -0.25) is 4.28 Å². The molecule has 0 saturated carbocycles. The summed E-state index contributed by atoms with van der Waals surface area (Å²) < 4.78 is 23.8. The van der Waals surface area contributed by atoms with E-state index >= 15 is 0 Å². The van der Waals surface area contributed by atoms with Gasteiger partial charge in [-0.15, -0.1) is 0 Å². The average molecular weight is 190 g/mol. The molecule has 0 saturated heterocycles. The number of thiol groups is 1. The van der Waals surface area contributed by atoms with E-state index in [-0.39, 0.29) is 11.6 Å². The molecule has 1 atom stereocenters. The van der Waals surface area contributed by atoms with Gasteiger partial charge in [0.1, 0.15) is 6.07 Å². The molecule has 6 heteroatoms. The quantitative estimate of drug-likeness (QED) is 0.396. The van der Waals surface area contributed by atoms with Gasteiger partial charge in [-0.25, -0.2) is 0 Å². The van der Waals surface area contributed by atoms with E-state index in [0.717, 1.165) is 0 Å². The predicted molar refractivity (Wildman–Crippen MR) is 43.9 cm³/mol. The van der Waals surface area contributed by atoms with Crippen molar-refractivity contribution in [1.29, 1.82) is 5.26 Å². The standard InChI is InChI=1S/C6H10N2O3S/c1-3-5(2)6(4-7)8-11-12(9)10/h5,12H,3H2,1-2H3. The highest BCUT2D eigenvalue weighted by atomic mass is 32.2. The Balaban J connectivity index is 4.35. The van der Waals surface area contributed by atoms with Crippen molar-refractivity contribution in [3.8, 4) is 6.07 Å². The van der Waals surface area contributed by atoms with Gasteiger partial charge in [0, 0.05) is 5.92 Å². The highest BCUT2D eigenvalue weighted by molar-refractivity contribution is 7.67. The van der Waals surface area contributed by atoms with Crippen LogP contribution in [0, 0.1) is 17.2 Å². The number of rotatable bonds is 4. The van der Waals surface area contributed by atoms with Gasteiger partial charge in [0.05, 0.1) is 0 Å². The lowest BCUT2D eigenvalue weighted by atomic mass is 10.0. The van der Waals surface area contributed by atoms with Gasteiger partial charge in [0.2, 0.25) is 0 Å². The van der Waals surface area contributed by atoms with Crippen molar-refractivity contribution < 1.29 is 12.7 Å². The largest absolute Gasteiger partial charge is 0.318 e. The number of hydrogen-bond donors (Lipinski definition) is 1. The van der Waals surface area contributed by atoms with Crippen molar-refractivity contribution in [3.05, 3.63) is 0 Å². The third-order valence-corrected chi connectivity index (χ3v) is 1.61. The van der Waals surface area contributed by atoms with Crippen LogP contribution in [0.25, 0.3) is 0 Å². The van der Waals surface area contributed by atoms with Crippen molar-refractivity contribution in [1.82, 2.24) is 0 Å². The first kappa shape index (κ1) is 10.9. The molecule has 12 heavy (non-hydrogen) atoms. The lowest BCUT2D eigenvalue weighted by Crippen LogP contribution is -2.07. The van der Waals surface area contributed by atoms with E-state index < -0.39 is 11.0 Å². The van der Waals surface area contributed by atoms with E-state index in [0.29, 0.717) is 6.42 Å². The maximum Gasteiger partial charge on any atom is 0.318 e. The second-order valence-corrected chi connectivity index (χ2v) is 2.81. The maximum absolute atomic E-state index is 9.93. The summed E-state index contributed by atoms with van der Waals surface area (Å²) in [4.78, 5) is 0. The Kier molecular flexibility index (Phi) is 5.04. The first-order chi connectivity index (χ1) is 5.61. The molecule has 0 aromatic rings. The summed E-state index contributed by atoms with van der Waals surface area (Å²) in [6.45, 7) is 3.64. The zero-order valence-corrected chi connectivity index (χ0v) is 7.75. The van der Waals surface area contributed by atoms with Crippen LogP contribution in [0.3, 0.4) is 0 Å². The third kappa shape index (κ3) is 3.93. The molecule has 0 rings (SSSR count). The molecular formula is C6H10N2O3S. The third-order valence-electron chi connectivity index (χ3n) is 1.40. The maximum atomic E-state index is 9.93. The van der Waals surface area contributed by atoms with E-state index in [9.17, 15) is 8.42 Å². The number of nitrogens with zero attached hydrogens (tertiary/aromatic N) is 2. The van der Waals surface area contributed by atoms with Crippen LogP contribution in [-0.4, -0.2) is 14.1 Å². The Hall–Kier alpha value is -1.09. The monoisotopic (exact) mass is 190 g/mol. The Labute approximate surface area is 72.8 Å². The normalized spacial score (nSPS) is 14.0. The Morgan fingerprint density at radius 3 is 2.67 bits per heavy atom. The Bertz CT molecular complexity index is 269. The zero-order valence-electron chi connectivity index (χ0n) is 6.85. The van der Waals surface area contributed by atoms with Crippen LogP contribution < -0.4 is 0 Å². The molecule has 0 aliphatic heterocycles. The summed E-state index contributed by atoms with van der Waals surface area (Å²) in [6.07, 6.45) is 0.714. The van der Waals surface area contributed by atoms with Crippen LogP contribution in [0.1, 0.15) is 20.3 Å². The van der Waals surface area contributed by atoms with Gasteiger partial charge in [-0.2, -0.15) is 13.7 Å². The van der Waals surface area contributed by atoms with Gasteiger partial charge in [0.25, 0.3) is 0 Å². The van der Waals surface area contributed by atoms with E-state index in [1.54, 1.807) is 13.0 Å². The molecule has 0 aliphatic carbocycles. The summed E-state index contributed by atoms with van der Waals surface area (Å²) in [5, 5.41) is 11.7. The number of nitriles is 1. The lowest BCUT2D eigenvalue weighted by molar-refractivity contribution is 0.353. The fourth-order valence-electron chi connectivity index (χ4n) is 0.491. The lowest BCUT2D eigenvalue weighted by Gasteiger charge is -2.01. The SMILES string of the molecule is CCC(C)C(C#N)=NO[SH](=O)=O. The average Bonchev–Trinajstić information content (AvgIpc) is 2.04. The molecule has 0 aromatic heterocycles. The number of hydrogen-bond acceptors (Lipinski definition) is 5.